The standard InChI is InChI=1S/C20H18ClN11/c1-32(13-4-2-11(9-22)3-5-13)10-12-6-17-15(7-14(12)19(28-23)29-24)16(21)8-18(27-17)20(30-25)31-26/h2-8,23,25H,10,24,26H2,1H3. The zero-order chi connectivity index (χ0) is 23.3. The first-order chi connectivity index (χ1) is 15.4. The molecule has 0 saturated carbocycles. The summed E-state index contributed by atoms with van der Waals surface area (Å²) in [4.78, 5) is 6.43. The molecule has 0 bridgehead atoms. The van der Waals surface area contributed by atoms with E-state index in [9.17, 15) is 0 Å². The molecule has 0 unspecified atom stereocenters. The summed E-state index contributed by atoms with van der Waals surface area (Å²) in [6, 6.07) is 14.2. The van der Waals surface area contributed by atoms with Gasteiger partial charge in [0.1, 0.15) is 5.69 Å². The molecule has 0 aliphatic carbocycles. The van der Waals surface area contributed by atoms with Crippen LogP contribution < -0.4 is 16.6 Å². The maximum Gasteiger partial charge on any atom is 0.218 e. The highest BCUT2D eigenvalue weighted by atomic mass is 35.5. The first-order valence-corrected chi connectivity index (χ1v) is 9.49. The summed E-state index contributed by atoms with van der Waals surface area (Å²) in [5.41, 5.74) is 18.1. The van der Waals surface area contributed by atoms with Gasteiger partial charge in [-0.1, -0.05) is 11.6 Å². The number of anilines is 1. The third kappa shape index (κ3) is 4.35. The predicted molar refractivity (Wildman–Crippen MR) is 122 cm³/mol. The molecular formula is C20H18ClN11. The molecule has 0 radical (unpaired) electrons. The van der Waals surface area contributed by atoms with Gasteiger partial charge in [0.15, 0.2) is 5.84 Å². The highest BCUT2D eigenvalue weighted by Gasteiger charge is 2.17. The monoisotopic (exact) mass is 447 g/mol. The largest absolute Gasteiger partial charge is 0.370 e. The van der Waals surface area contributed by atoms with Crippen LogP contribution in [0.15, 0.2) is 62.9 Å². The Balaban J connectivity index is 2.16. The van der Waals surface area contributed by atoms with Crippen molar-refractivity contribution < 1.29 is 0 Å². The lowest BCUT2D eigenvalue weighted by Gasteiger charge is -2.21. The summed E-state index contributed by atoms with van der Waals surface area (Å²) in [5.74, 6) is 10.7. The molecule has 0 atom stereocenters. The highest BCUT2D eigenvalue weighted by molar-refractivity contribution is 6.36. The van der Waals surface area contributed by atoms with Crippen molar-refractivity contribution in [3.05, 3.63) is 69.9 Å². The molecule has 0 fully saturated rings. The summed E-state index contributed by atoms with van der Waals surface area (Å²) in [7, 11) is 1.88. The molecule has 1 heterocycles. The van der Waals surface area contributed by atoms with Crippen LogP contribution in [-0.4, -0.2) is 23.7 Å². The van der Waals surface area contributed by atoms with Crippen LogP contribution in [0.1, 0.15) is 22.4 Å². The van der Waals surface area contributed by atoms with E-state index in [-0.39, 0.29) is 17.4 Å². The van der Waals surface area contributed by atoms with Crippen LogP contribution in [0.3, 0.4) is 0 Å². The van der Waals surface area contributed by atoms with E-state index in [4.69, 9.17) is 39.6 Å². The summed E-state index contributed by atoms with van der Waals surface area (Å²) < 4.78 is 0. The number of hydrazone groups is 2. The lowest BCUT2D eigenvalue weighted by molar-refractivity contribution is 0.920. The quantitative estimate of drug-likeness (QED) is 0.152. The second-order valence-electron chi connectivity index (χ2n) is 6.66. The minimum absolute atomic E-state index is 0.0284. The van der Waals surface area contributed by atoms with Crippen LogP contribution in [0.25, 0.3) is 10.9 Å². The Bertz CT molecular complexity index is 1290. The summed E-state index contributed by atoms with van der Waals surface area (Å²) in [5, 5.41) is 23.7. The molecule has 3 aromatic rings. The van der Waals surface area contributed by atoms with E-state index in [1.54, 1.807) is 24.3 Å². The average molecular weight is 448 g/mol. The van der Waals surface area contributed by atoms with Crippen molar-refractivity contribution in [2.45, 2.75) is 6.54 Å². The fraction of sp³-hybridized carbons (Fsp3) is 0.100. The molecular weight excluding hydrogens is 430 g/mol. The maximum absolute atomic E-state index is 9.00. The Hall–Kier alpha value is -4.43. The first-order valence-electron chi connectivity index (χ1n) is 9.11. The number of hydrogen-bond acceptors (Lipinski definition) is 9. The zero-order valence-corrected chi connectivity index (χ0v) is 17.7. The van der Waals surface area contributed by atoms with E-state index in [1.165, 1.54) is 6.07 Å². The third-order valence-corrected chi connectivity index (χ3v) is 5.07. The fourth-order valence-corrected chi connectivity index (χ4v) is 3.43. The topological polar surface area (TPSA) is 189 Å². The predicted octanol–water partition coefficient (Wildman–Crippen LogP) is 3.70. The minimum Gasteiger partial charge on any atom is -0.370 e. The van der Waals surface area contributed by atoms with Crippen LogP contribution in [0.5, 0.6) is 0 Å². The molecule has 11 nitrogen and oxygen atoms in total. The molecule has 160 valence electrons. The molecule has 0 spiro atoms. The maximum atomic E-state index is 9.00. The van der Waals surface area contributed by atoms with Crippen molar-refractivity contribution in [3.63, 3.8) is 0 Å². The van der Waals surface area contributed by atoms with E-state index in [1.807, 2.05) is 24.1 Å². The number of rotatable bonds is 5. The molecule has 0 aliphatic heterocycles. The SMILES string of the molecule is CN(Cc1cc2nc(C(N=N)=NN)cc(Cl)c2cc1C(N=N)=NN)c1ccc(C#N)cc1. The molecule has 2 aromatic carbocycles. The number of aromatic nitrogens is 1. The molecule has 0 aliphatic rings. The van der Waals surface area contributed by atoms with Crippen molar-refractivity contribution in [2.75, 3.05) is 11.9 Å². The van der Waals surface area contributed by atoms with Gasteiger partial charge in [-0.05, 0) is 48.0 Å². The second-order valence-corrected chi connectivity index (χ2v) is 7.07. The van der Waals surface area contributed by atoms with Gasteiger partial charge in [0.25, 0.3) is 0 Å². The Morgan fingerprint density at radius 2 is 1.75 bits per heavy atom. The van der Waals surface area contributed by atoms with E-state index in [0.717, 1.165) is 11.3 Å². The number of benzene rings is 2. The van der Waals surface area contributed by atoms with E-state index in [2.05, 4.69) is 31.5 Å². The number of nitrogens with zero attached hydrogens (tertiary/aromatic N) is 7. The summed E-state index contributed by atoms with van der Waals surface area (Å²) in [6.45, 7) is 0.385. The molecule has 12 heteroatoms. The summed E-state index contributed by atoms with van der Waals surface area (Å²) in [6.07, 6.45) is 0. The number of nitrogens with two attached hydrogens (primary N) is 2. The molecule has 32 heavy (non-hydrogen) atoms. The Morgan fingerprint density at radius 1 is 1.09 bits per heavy atom. The number of hydrogen-bond donors (Lipinski definition) is 4. The van der Waals surface area contributed by atoms with Gasteiger partial charge >= 0.3 is 0 Å². The van der Waals surface area contributed by atoms with Gasteiger partial charge in [0.05, 0.1) is 22.2 Å². The van der Waals surface area contributed by atoms with Crippen molar-refractivity contribution in [2.24, 2.45) is 32.1 Å². The van der Waals surface area contributed by atoms with Crippen LogP contribution >= 0.6 is 11.6 Å². The number of nitriles is 1. The lowest BCUT2D eigenvalue weighted by atomic mass is 10.0. The van der Waals surface area contributed by atoms with Gasteiger partial charge in [-0.2, -0.15) is 15.5 Å². The zero-order valence-electron chi connectivity index (χ0n) is 16.9. The summed E-state index contributed by atoms with van der Waals surface area (Å²) >= 11 is 6.44. The number of nitrogens with one attached hydrogen (secondary N) is 2. The molecule has 3 rings (SSSR count). The van der Waals surface area contributed by atoms with Gasteiger partial charge < -0.3 is 16.6 Å². The smallest absolute Gasteiger partial charge is 0.218 e. The van der Waals surface area contributed by atoms with Crippen LogP contribution in [0.2, 0.25) is 5.02 Å². The Kier molecular flexibility index (Phi) is 6.67. The van der Waals surface area contributed by atoms with E-state index >= 15 is 0 Å². The normalized spacial score (nSPS) is 11.8. The molecule has 0 saturated heterocycles. The van der Waals surface area contributed by atoms with Crippen molar-refractivity contribution >= 4 is 39.9 Å². The van der Waals surface area contributed by atoms with Gasteiger partial charge in [-0.3, -0.25) is 0 Å². The minimum atomic E-state index is -0.0699. The van der Waals surface area contributed by atoms with Crippen LogP contribution in [-0.2, 0) is 6.54 Å². The van der Waals surface area contributed by atoms with E-state index < -0.39 is 0 Å². The van der Waals surface area contributed by atoms with Gasteiger partial charge in [0, 0.05) is 30.2 Å². The second kappa shape index (κ2) is 9.59. The number of fused-ring (bicyclic) bond motifs is 1. The van der Waals surface area contributed by atoms with Crippen molar-refractivity contribution in [1.29, 1.82) is 16.3 Å². The Labute approximate surface area is 188 Å². The average Bonchev–Trinajstić information content (AvgIpc) is 2.81. The highest BCUT2D eigenvalue weighted by Crippen LogP contribution is 2.29. The number of pyridine rings is 1. The van der Waals surface area contributed by atoms with Crippen molar-refractivity contribution in [1.82, 2.24) is 4.98 Å². The van der Waals surface area contributed by atoms with Crippen LogP contribution in [0.4, 0.5) is 5.69 Å². The third-order valence-electron chi connectivity index (χ3n) is 4.75. The van der Waals surface area contributed by atoms with E-state index in [0.29, 0.717) is 33.6 Å². The van der Waals surface area contributed by atoms with Crippen LogP contribution in [0, 0.1) is 22.4 Å². The van der Waals surface area contributed by atoms with Gasteiger partial charge in [-0.15, -0.1) is 10.2 Å². The molecule has 6 N–H and O–H groups in total. The lowest BCUT2D eigenvalue weighted by Crippen LogP contribution is -2.19. The number of amidine groups is 2. The first kappa shape index (κ1) is 22.3. The Morgan fingerprint density at radius 3 is 2.31 bits per heavy atom. The molecule has 0 amide bonds. The van der Waals surface area contributed by atoms with Gasteiger partial charge in [-0.25, -0.2) is 16.0 Å². The van der Waals surface area contributed by atoms with Crippen molar-refractivity contribution in [3.8, 4) is 6.07 Å². The van der Waals surface area contributed by atoms with Gasteiger partial charge in [0.2, 0.25) is 5.84 Å². The number of halogens is 1. The molecule has 1 aromatic heterocycles. The fourth-order valence-electron chi connectivity index (χ4n) is 3.18.